The SMILES string of the molecule is CCC1Nc2ccccc2C1CC. The summed E-state index contributed by atoms with van der Waals surface area (Å²) in [6, 6.07) is 9.35. The van der Waals surface area contributed by atoms with E-state index in [1.165, 1.54) is 24.1 Å². The van der Waals surface area contributed by atoms with Gasteiger partial charge in [-0.05, 0) is 24.5 Å². The maximum absolute atomic E-state index is 3.59. The van der Waals surface area contributed by atoms with Gasteiger partial charge in [-0.3, -0.25) is 0 Å². The van der Waals surface area contributed by atoms with Crippen LogP contribution in [0.1, 0.15) is 38.2 Å². The largest absolute Gasteiger partial charge is 0.381 e. The number of nitrogens with one attached hydrogen (secondary N) is 1. The maximum atomic E-state index is 3.59. The van der Waals surface area contributed by atoms with Crippen molar-refractivity contribution >= 4 is 5.69 Å². The average Bonchev–Trinajstić information content (AvgIpc) is 2.55. The van der Waals surface area contributed by atoms with Crippen molar-refractivity contribution in [3.63, 3.8) is 0 Å². The van der Waals surface area contributed by atoms with E-state index in [4.69, 9.17) is 0 Å². The molecule has 2 rings (SSSR count). The molecule has 70 valence electrons. The number of benzene rings is 1. The van der Waals surface area contributed by atoms with Crippen LogP contribution in [0, 0.1) is 0 Å². The van der Waals surface area contributed by atoms with E-state index < -0.39 is 0 Å². The topological polar surface area (TPSA) is 12.0 Å². The molecule has 0 fully saturated rings. The van der Waals surface area contributed by atoms with Crippen LogP contribution in [0.25, 0.3) is 0 Å². The summed E-state index contributed by atoms with van der Waals surface area (Å²) in [4.78, 5) is 0. The lowest BCUT2D eigenvalue weighted by molar-refractivity contribution is 0.562. The van der Waals surface area contributed by atoms with Crippen LogP contribution in [-0.2, 0) is 0 Å². The Morgan fingerprint density at radius 2 is 1.92 bits per heavy atom. The van der Waals surface area contributed by atoms with Gasteiger partial charge in [-0.1, -0.05) is 32.0 Å². The number of para-hydroxylation sites is 1. The summed E-state index contributed by atoms with van der Waals surface area (Å²) in [5.74, 6) is 0.723. The highest BCUT2D eigenvalue weighted by atomic mass is 15.0. The third-order valence-electron chi connectivity index (χ3n) is 3.07. The Bertz CT molecular complexity index is 293. The molecule has 0 saturated carbocycles. The first kappa shape index (κ1) is 8.61. The molecular weight excluding hydrogens is 158 g/mol. The van der Waals surface area contributed by atoms with E-state index in [1.54, 1.807) is 0 Å². The zero-order valence-electron chi connectivity index (χ0n) is 8.38. The molecule has 0 amide bonds. The second kappa shape index (κ2) is 3.41. The summed E-state index contributed by atoms with van der Waals surface area (Å²) in [7, 11) is 0. The van der Waals surface area contributed by atoms with E-state index in [-0.39, 0.29) is 0 Å². The van der Waals surface area contributed by atoms with Crippen LogP contribution in [0.3, 0.4) is 0 Å². The summed E-state index contributed by atoms with van der Waals surface area (Å²) >= 11 is 0. The molecule has 1 aliphatic rings. The zero-order valence-corrected chi connectivity index (χ0v) is 8.38. The van der Waals surface area contributed by atoms with Crippen LogP contribution in [-0.4, -0.2) is 6.04 Å². The third kappa shape index (κ3) is 1.32. The van der Waals surface area contributed by atoms with E-state index in [0.717, 1.165) is 5.92 Å². The standard InChI is InChI=1S/C12H17N/c1-3-9-10-7-5-6-8-12(10)13-11(9)4-2/h5-9,11,13H,3-4H2,1-2H3. The molecule has 1 heteroatoms. The first-order valence-corrected chi connectivity index (χ1v) is 5.22. The number of anilines is 1. The Morgan fingerprint density at radius 3 is 2.62 bits per heavy atom. The Labute approximate surface area is 80.2 Å². The monoisotopic (exact) mass is 175 g/mol. The maximum Gasteiger partial charge on any atom is 0.0378 e. The lowest BCUT2D eigenvalue weighted by Gasteiger charge is -2.16. The van der Waals surface area contributed by atoms with Crippen LogP contribution in [0.15, 0.2) is 24.3 Å². The lowest BCUT2D eigenvalue weighted by atomic mass is 9.91. The summed E-state index contributed by atoms with van der Waals surface area (Å²) in [6.07, 6.45) is 2.45. The number of hydrogen-bond acceptors (Lipinski definition) is 1. The Morgan fingerprint density at radius 1 is 1.15 bits per heavy atom. The van der Waals surface area contributed by atoms with E-state index in [9.17, 15) is 0 Å². The van der Waals surface area contributed by atoms with Crippen LogP contribution < -0.4 is 5.32 Å². The summed E-state index contributed by atoms with van der Waals surface area (Å²) in [6.45, 7) is 4.53. The van der Waals surface area contributed by atoms with Crippen molar-refractivity contribution in [2.45, 2.75) is 38.6 Å². The van der Waals surface area contributed by atoms with E-state index in [1.807, 2.05) is 0 Å². The molecule has 0 spiro atoms. The van der Waals surface area contributed by atoms with Crippen molar-refractivity contribution in [1.82, 2.24) is 0 Å². The van der Waals surface area contributed by atoms with Gasteiger partial charge < -0.3 is 5.32 Å². The second-order valence-electron chi connectivity index (χ2n) is 3.76. The predicted molar refractivity (Wildman–Crippen MR) is 57.2 cm³/mol. The molecular formula is C12H17N. The van der Waals surface area contributed by atoms with Crippen LogP contribution >= 0.6 is 0 Å². The van der Waals surface area contributed by atoms with Gasteiger partial charge in [0.05, 0.1) is 0 Å². The fraction of sp³-hybridized carbons (Fsp3) is 0.500. The Balaban J connectivity index is 2.34. The van der Waals surface area contributed by atoms with E-state index in [0.29, 0.717) is 6.04 Å². The van der Waals surface area contributed by atoms with Crippen molar-refractivity contribution < 1.29 is 0 Å². The van der Waals surface area contributed by atoms with E-state index >= 15 is 0 Å². The third-order valence-corrected chi connectivity index (χ3v) is 3.07. The molecule has 0 radical (unpaired) electrons. The number of fused-ring (bicyclic) bond motifs is 1. The summed E-state index contributed by atoms with van der Waals surface area (Å²) in [5, 5.41) is 3.59. The van der Waals surface area contributed by atoms with Crippen LogP contribution in [0.2, 0.25) is 0 Å². The molecule has 0 aromatic heterocycles. The summed E-state index contributed by atoms with van der Waals surface area (Å²) < 4.78 is 0. The first-order chi connectivity index (χ1) is 6.36. The van der Waals surface area contributed by atoms with E-state index in [2.05, 4.69) is 43.4 Å². The van der Waals surface area contributed by atoms with Gasteiger partial charge in [0.2, 0.25) is 0 Å². The first-order valence-electron chi connectivity index (χ1n) is 5.22. The van der Waals surface area contributed by atoms with Gasteiger partial charge in [0.1, 0.15) is 0 Å². The van der Waals surface area contributed by atoms with Crippen molar-refractivity contribution in [3.8, 4) is 0 Å². The minimum atomic E-state index is 0.655. The summed E-state index contributed by atoms with van der Waals surface area (Å²) in [5.41, 5.74) is 2.86. The molecule has 13 heavy (non-hydrogen) atoms. The molecule has 1 nitrogen and oxygen atoms in total. The lowest BCUT2D eigenvalue weighted by Crippen LogP contribution is -2.18. The van der Waals surface area contributed by atoms with Crippen molar-refractivity contribution in [3.05, 3.63) is 29.8 Å². The number of rotatable bonds is 2. The fourth-order valence-corrected chi connectivity index (χ4v) is 2.36. The highest BCUT2D eigenvalue weighted by Crippen LogP contribution is 2.38. The van der Waals surface area contributed by atoms with Gasteiger partial charge in [-0.15, -0.1) is 0 Å². The molecule has 1 N–H and O–H groups in total. The predicted octanol–water partition coefficient (Wildman–Crippen LogP) is 3.38. The molecule has 1 heterocycles. The molecule has 1 aliphatic heterocycles. The van der Waals surface area contributed by atoms with Gasteiger partial charge in [-0.25, -0.2) is 0 Å². The average molecular weight is 175 g/mol. The highest BCUT2D eigenvalue weighted by molar-refractivity contribution is 5.59. The quantitative estimate of drug-likeness (QED) is 0.726. The Kier molecular flexibility index (Phi) is 2.26. The molecule has 0 saturated heterocycles. The molecule has 2 atom stereocenters. The van der Waals surface area contributed by atoms with Gasteiger partial charge in [0.15, 0.2) is 0 Å². The van der Waals surface area contributed by atoms with Crippen LogP contribution in [0.4, 0.5) is 5.69 Å². The van der Waals surface area contributed by atoms with Gasteiger partial charge in [-0.2, -0.15) is 0 Å². The zero-order chi connectivity index (χ0) is 9.26. The molecule has 0 aliphatic carbocycles. The molecule has 1 aromatic carbocycles. The Hall–Kier alpha value is -0.980. The number of hydrogen-bond donors (Lipinski definition) is 1. The minimum absolute atomic E-state index is 0.655. The van der Waals surface area contributed by atoms with Crippen LogP contribution in [0.5, 0.6) is 0 Å². The van der Waals surface area contributed by atoms with Gasteiger partial charge in [0.25, 0.3) is 0 Å². The van der Waals surface area contributed by atoms with Crippen molar-refractivity contribution in [2.24, 2.45) is 0 Å². The van der Waals surface area contributed by atoms with Gasteiger partial charge in [0, 0.05) is 17.6 Å². The van der Waals surface area contributed by atoms with Gasteiger partial charge >= 0.3 is 0 Å². The van der Waals surface area contributed by atoms with Crippen molar-refractivity contribution in [2.75, 3.05) is 5.32 Å². The highest BCUT2D eigenvalue weighted by Gasteiger charge is 2.28. The van der Waals surface area contributed by atoms with Crippen molar-refractivity contribution in [1.29, 1.82) is 0 Å². The normalized spacial score (nSPS) is 25.4. The fourth-order valence-electron chi connectivity index (χ4n) is 2.36. The second-order valence-corrected chi connectivity index (χ2v) is 3.76. The smallest absolute Gasteiger partial charge is 0.0378 e. The molecule has 0 bridgehead atoms. The molecule has 2 unspecified atom stereocenters. The molecule has 1 aromatic rings. The minimum Gasteiger partial charge on any atom is -0.381 e.